The van der Waals surface area contributed by atoms with E-state index in [0.717, 1.165) is 44.2 Å². The Morgan fingerprint density at radius 2 is 1.94 bits per heavy atom. The number of hydrogen-bond acceptors (Lipinski definition) is 7. The van der Waals surface area contributed by atoms with E-state index in [1.54, 1.807) is 13.0 Å². The van der Waals surface area contributed by atoms with Crippen molar-refractivity contribution in [1.82, 2.24) is 10.2 Å². The minimum atomic E-state index is -0.449. The number of methoxy groups -OCH3 is 1. The van der Waals surface area contributed by atoms with E-state index in [-0.39, 0.29) is 30.3 Å². The van der Waals surface area contributed by atoms with Crippen molar-refractivity contribution in [3.63, 3.8) is 0 Å². The molecule has 1 saturated heterocycles. The Bertz CT molecular complexity index is 761. The first-order valence-electron chi connectivity index (χ1n) is 10.8. The van der Waals surface area contributed by atoms with Crippen LogP contribution >= 0.6 is 0 Å². The summed E-state index contributed by atoms with van der Waals surface area (Å²) in [6.45, 7) is 4.81. The van der Waals surface area contributed by atoms with Gasteiger partial charge in [-0.3, -0.25) is 14.5 Å². The Morgan fingerprint density at radius 3 is 2.55 bits per heavy atom. The first kappa shape index (κ1) is 23.3. The molecule has 0 bridgehead atoms. The number of carbonyl (C=O) groups is 3. The number of fused-ring (bicyclic) bond motifs is 1. The van der Waals surface area contributed by atoms with Crippen LogP contribution in [0.3, 0.4) is 0 Å². The highest BCUT2D eigenvalue weighted by molar-refractivity contribution is 5.86. The third-order valence-electron chi connectivity index (χ3n) is 6.25. The van der Waals surface area contributed by atoms with Gasteiger partial charge in [-0.1, -0.05) is 0 Å². The van der Waals surface area contributed by atoms with Gasteiger partial charge in [-0.25, -0.2) is 4.79 Å². The van der Waals surface area contributed by atoms with Crippen molar-refractivity contribution < 1.29 is 33.4 Å². The van der Waals surface area contributed by atoms with E-state index in [1.807, 2.05) is 6.07 Å². The molecule has 172 valence electrons. The number of hydrogen-bond donors (Lipinski definition) is 2. The number of rotatable bonds is 7. The van der Waals surface area contributed by atoms with Crippen LogP contribution in [0.15, 0.2) is 16.5 Å². The zero-order valence-electron chi connectivity index (χ0n) is 18.1. The lowest BCUT2D eigenvalue weighted by Crippen LogP contribution is -2.50. The standard InChI is InChI=1S/C21H30N2O5.CH2O2/c1-13(24)22-18-7-15-9-23(11-17-5-6-19(28-17)21(25)26-2)10-16(15)8-20(18)27-12-14-3-4-14;2-1-3/h5-6,14-16,18,20H,3-4,7-12H2,1-2H3,(H,22,24);1H,(H,2,3)/t15-,16+,18-,20-;/m1./s1. The molecule has 1 amide bonds. The van der Waals surface area contributed by atoms with Crippen LogP contribution < -0.4 is 5.32 Å². The molecule has 0 unspecified atom stereocenters. The van der Waals surface area contributed by atoms with Gasteiger partial charge in [0.25, 0.3) is 6.47 Å². The van der Waals surface area contributed by atoms with Gasteiger partial charge in [0.15, 0.2) is 0 Å². The molecule has 4 atom stereocenters. The molecular weight excluding hydrogens is 404 g/mol. The van der Waals surface area contributed by atoms with E-state index in [4.69, 9.17) is 23.8 Å². The Hall–Kier alpha value is -2.39. The number of nitrogens with one attached hydrogen (secondary N) is 1. The minimum Gasteiger partial charge on any atom is -0.483 e. The fraction of sp³-hybridized carbons (Fsp3) is 0.682. The van der Waals surface area contributed by atoms with Gasteiger partial charge in [-0.05, 0) is 55.6 Å². The second-order valence-electron chi connectivity index (χ2n) is 8.67. The van der Waals surface area contributed by atoms with E-state index in [9.17, 15) is 9.59 Å². The van der Waals surface area contributed by atoms with Gasteiger partial charge in [0.1, 0.15) is 5.76 Å². The molecule has 1 aromatic heterocycles. The molecule has 0 spiro atoms. The maximum Gasteiger partial charge on any atom is 0.373 e. The molecule has 0 aromatic carbocycles. The van der Waals surface area contributed by atoms with Crippen molar-refractivity contribution in [2.75, 3.05) is 26.8 Å². The number of likely N-dealkylation sites (tertiary alicyclic amines) is 1. The fourth-order valence-electron chi connectivity index (χ4n) is 4.67. The molecule has 0 radical (unpaired) electrons. The summed E-state index contributed by atoms with van der Waals surface area (Å²) in [6, 6.07) is 3.61. The maximum atomic E-state index is 11.7. The van der Waals surface area contributed by atoms with Crippen LogP contribution in [0.1, 0.15) is 48.9 Å². The van der Waals surface area contributed by atoms with Crippen LogP contribution in [-0.2, 0) is 25.6 Å². The maximum absolute atomic E-state index is 11.7. The number of ether oxygens (including phenoxy) is 2. The normalized spacial score (nSPS) is 27.5. The van der Waals surface area contributed by atoms with Crippen LogP contribution in [-0.4, -0.2) is 67.3 Å². The fourth-order valence-corrected chi connectivity index (χ4v) is 4.67. The Kier molecular flexibility index (Phi) is 8.09. The van der Waals surface area contributed by atoms with Crippen molar-refractivity contribution in [2.45, 2.75) is 51.3 Å². The Morgan fingerprint density at radius 1 is 1.26 bits per heavy atom. The van der Waals surface area contributed by atoms with Crippen molar-refractivity contribution in [3.8, 4) is 0 Å². The third-order valence-corrected chi connectivity index (χ3v) is 6.25. The van der Waals surface area contributed by atoms with Crippen molar-refractivity contribution >= 4 is 18.3 Å². The van der Waals surface area contributed by atoms with Gasteiger partial charge in [0.05, 0.1) is 25.8 Å². The highest BCUT2D eigenvalue weighted by Gasteiger charge is 2.43. The van der Waals surface area contributed by atoms with Gasteiger partial charge in [-0.2, -0.15) is 0 Å². The van der Waals surface area contributed by atoms with Gasteiger partial charge in [0, 0.05) is 26.6 Å². The average Bonchev–Trinajstić information content (AvgIpc) is 3.30. The van der Waals surface area contributed by atoms with Gasteiger partial charge >= 0.3 is 5.97 Å². The lowest BCUT2D eigenvalue weighted by atomic mass is 9.77. The summed E-state index contributed by atoms with van der Waals surface area (Å²) >= 11 is 0. The molecular formula is C22H32N2O7. The van der Waals surface area contributed by atoms with E-state index in [2.05, 4.69) is 10.2 Å². The number of carboxylic acid groups (broad SMARTS) is 1. The zero-order chi connectivity index (χ0) is 22.4. The smallest absolute Gasteiger partial charge is 0.373 e. The number of esters is 1. The molecule has 2 heterocycles. The number of nitrogens with zero attached hydrogens (tertiary/aromatic N) is 1. The van der Waals surface area contributed by atoms with Crippen LogP contribution in [0, 0.1) is 17.8 Å². The van der Waals surface area contributed by atoms with E-state index in [0.29, 0.717) is 18.4 Å². The largest absolute Gasteiger partial charge is 0.483 e. The molecule has 1 aromatic rings. The lowest BCUT2D eigenvalue weighted by Gasteiger charge is -2.38. The van der Waals surface area contributed by atoms with Crippen molar-refractivity contribution in [3.05, 3.63) is 23.7 Å². The summed E-state index contributed by atoms with van der Waals surface area (Å²) in [5.74, 6) is 2.43. The molecule has 4 rings (SSSR count). The molecule has 3 aliphatic rings. The second-order valence-corrected chi connectivity index (χ2v) is 8.67. The Balaban J connectivity index is 0.000000858. The summed E-state index contributed by atoms with van der Waals surface area (Å²) in [7, 11) is 1.35. The summed E-state index contributed by atoms with van der Waals surface area (Å²) in [5.41, 5.74) is 0. The van der Waals surface area contributed by atoms with Crippen LogP contribution in [0.5, 0.6) is 0 Å². The topological polar surface area (TPSA) is 118 Å². The zero-order valence-corrected chi connectivity index (χ0v) is 18.1. The van der Waals surface area contributed by atoms with Gasteiger partial charge in [0.2, 0.25) is 11.7 Å². The second kappa shape index (κ2) is 10.8. The molecule has 2 saturated carbocycles. The third kappa shape index (κ3) is 6.54. The van der Waals surface area contributed by atoms with E-state index < -0.39 is 5.97 Å². The number of amides is 1. The van der Waals surface area contributed by atoms with Gasteiger partial charge in [-0.15, -0.1) is 0 Å². The molecule has 31 heavy (non-hydrogen) atoms. The summed E-state index contributed by atoms with van der Waals surface area (Å²) < 4.78 is 16.5. The molecule has 9 heteroatoms. The number of carbonyl (C=O) groups excluding carboxylic acids is 2. The van der Waals surface area contributed by atoms with Crippen LogP contribution in [0.4, 0.5) is 0 Å². The molecule has 2 N–H and O–H groups in total. The van der Waals surface area contributed by atoms with Crippen molar-refractivity contribution in [2.24, 2.45) is 17.8 Å². The average molecular weight is 437 g/mol. The van der Waals surface area contributed by atoms with Crippen molar-refractivity contribution in [1.29, 1.82) is 0 Å². The van der Waals surface area contributed by atoms with E-state index in [1.165, 1.54) is 20.0 Å². The van der Waals surface area contributed by atoms with Crippen LogP contribution in [0.2, 0.25) is 0 Å². The Labute approximate surface area is 182 Å². The predicted octanol–water partition coefficient (Wildman–Crippen LogP) is 1.91. The highest BCUT2D eigenvalue weighted by Crippen LogP contribution is 2.39. The summed E-state index contributed by atoms with van der Waals surface area (Å²) in [4.78, 5) is 34.0. The molecule has 1 aliphatic heterocycles. The molecule has 3 fully saturated rings. The summed E-state index contributed by atoms with van der Waals surface area (Å²) in [6.07, 6.45) is 4.61. The first-order valence-corrected chi connectivity index (χ1v) is 10.8. The summed E-state index contributed by atoms with van der Waals surface area (Å²) in [5, 5.41) is 10.0. The molecule has 2 aliphatic carbocycles. The van der Waals surface area contributed by atoms with E-state index >= 15 is 0 Å². The highest BCUT2D eigenvalue weighted by atomic mass is 16.5. The predicted molar refractivity (Wildman–Crippen MR) is 110 cm³/mol. The van der Waals surface area contributed by atoms with Gasteiger partial charge < -0.3 is 24.3 Å². The number of furan rings is 1. The van der Waals surface area contributed by atoms with Crippen LogP contribution in [0.25, 0.3) is 0 Å². The monoisotopic (exact) mass is 436 g/mol. The SMILES string of the molecule is COC(=O)c1ccc(CN2C[C@H]3C[C@@H](NC(C)=O)[C@H](OCC4CC4)C[C@H]3C2)o1.O=CO. The minimum absolute atomic E-state index is 0.0178. The quantitative estimate of drug-likeness (QED) is 0.492. The lowest BCUT2D eigenvalue weighted by molar-refractivity contribution is -0.123. The first-order chi connectivity index (χ1) is 14.9. The molecule has 9 nitrogen and oxygen atoms in total.